The van der Waals surface area contributed by atoms with Gasteiger partial charge in [-0.3, -0.25) is 4.79 Å². The molecule has 0 spiro atoms. The average Bonchev–Trinajstić information content (AvgIpc) is 2.88. The number of nitrogens with zero attached hydrogens (tertiary/aromatic N) is 2. The van der Waals surface area contributed by atoms with Crippen molar-refractivity contribution in [2.75, 3.05) is 33.6 Å². The van der Waals surface area contributed by atoms with E-state index in [0.29, 0.717) is 39.3 Å². The van der Waals surface area contributed by atoms with Crippen molar-refractivity contribution in [2.24, 2.45) is 0 Å². The lowest BCUT2D eigenvalue weighted by molar-refractivity contribution is 0.102. The highest BCUT2D eigenvalue weighted by Crippen LogP contribution is 2.33. The second-order valence-electron chi connectivity index (χ2n) is 8.36. The van der Waals surface area contributed by atoms with Crippen LogP contribution in [0.3, 0.4) is 0 Å². The molecule has 0 bridgehead atoms. The van der Waals surface area contributed by atoms with Gasteiger partial charge in [-0.2, -0.15) is 0 Å². The number of amides is 1. The molecule has 0 fully saturated rings. The van der Waals surface area contributed by atoms with Gasteiger partial charge in [0.2, 0.25) is 10.0 Å². The molecule has 0 aliphatic carbocycles. The molecule has 0 aliphatic heterocycles. The van der Waals surface area contributed by atoms with E-state index in [1.807, 2.05) is 30.3 Å². The van der Waals surface area contributed by atoms with Gasteiger partial charge in [-0.1, -0.05) is 24.3 Å². The minimum atomic E-state index is -3.66. The number of methoxy groups -OCH3 is 2. The van der Waals surface area contributed by atoms with Crippen molar-refractivity contribution in [3.8, 4) is 22.8 Å². The third-order valence-electron chi connectivity index (χ3n) is 5.88. The smallest absolute Gasteiger partial charge is 0.256 e. The summed E-state index contributed by atoms with van der Waals surface area (Å²) in [6.07, 6.45) is 0. The molecule has 1 amide bonds. The Labute approximate surface area is 210 Å². The molecular weight excluding hydrogens is 478 g/mol. The van der Waals surface area contributed by atoms with Crippen LogP contribution in [0.25, 0.3) is 22.2 Å². The largest absolute Gasteiger partial charge is 0.493 e. The summed E-state index contributed by atoms with van der Waals surface area (Å²) in [6, 6.07) is 19.2. The molecule has 1 heterocycles. The van der Waals surface area contributed by atoms with E-state index in [2.05, 4.69) is 5.32 Å². The predicted molar refractivity (Wildman–Crippen MR) is 140 cm³/mol. The van der Waals surface area contributed by atoms with Gasteiger partial charge in [-0.15, -0.1) is 0 Å². The summed E-state index contributed by atoms with van der Waals surface area (Å²) in [5, 5.41) is 3.57. The van der Waals surface area contributed by atoms with Crippen molar-refractivity contribution in [1.29, 1.82) is 0 Å². The van der Waals surface area contributed by atoms with Gasteiger partial charge in [0.15, 0.2) is 11.5 Å². The van der Waals surface area contributed by atoms with Gasteiger partial charge >= 0.3 is 0 Å². The molecular formula is C27H27N3O5S. The number of sulfonamides is 1. The Hall–Kier alpha value is -3.95. The normalized spacial score (nSPS) is 11.5. The number of nitrogens with one attached hydrogen (secondary N) is 1. The van der Waals surface area contributed by atoms with E-state index < -0.39 is 10.0 Å². The number of pyridine rings is 1. The van der Waals surface area contributed by atoms with Crippen LogP contribution >= 0.6 is 0 Å². The summed E-state index contributed by atoms with van der Waals surface area (Å²) in [6.45, 7) is 1.81. The number of carbonyl (C=O) groups excluding carboxylic acids is 1. The molecule has 0 radical (unpaired) electrons. The molecule has 0 saturated carbocycles. The van der Waals surface area contributed by atoms with Gasteiger partial charge in [0.05, 0.1) is 35.9 Å². The Kier molecular flexibility index (Phi) is 6.96. The lowest BCUT2D eigenvalue weighted by Crippen LogP contribution is -2.22. The van der Waals surface area contributed by atoms with E-state index in [1.165, 1.54) is 26.2 Å². The Balaban J connectivity index is 1.79. The zero-order valence-corrected chi connectivity index (χ0v) is 21.5. The maximum atomic E-state index is 13.5. The Morgan fingerprint density at radius 1 is 0.917 bits per heavy atom. The van der Waals surface area contributed by atoms with Crippen LogP contribution in [-0.2, 0) is 10.0 Å². The minimum Gasteiger partial charge on any atom is -0.493 e. The maximum Gasteiger partial charge on any atom is 0.256 e. The van der Waals surface area contributed by atoms with Crippen molar-refractivity contribution >= 4 is 32.5 Å². The topological polar surface area (TPSA) is 97.8 Å². The Bertz CT molecular complexity index is 1570. The van der Waals surface area contributed by atoms with Gasteiger partial charge in [0.25, 0.3) is 5.91 Å². The van der Waals surface area contributed by atoms with Crippen LogP contribution in [-0.4, -0.2) is 51.9 Å². The maximum absolute atomic E-state index is 13.5. The summed E-state index contributed by atoms with van der Waals surface area (Å²) in [7, 11) is 2.39. The summed E-state index contributed by atoms with van der Waals surface area (Å²) in [5.41, 5.74) is 3.54. The molecule has 9 heteroatoms. The third-order valence-corrected chi connectivity index (χ3v) is 7.69. The SMILES string of the molecule is COc1ccc(-c2cc(C(=O)Nc3cc(S(=O)(=O)N(C)C)ccc3C)c3ccccc3n2)cc1OC. The molecule has 3 aromatic carbocycles. The second kappa shape index (κ2) is 9.96. The molecule has 36 heavy (non-hydrogen) atoms. The average molecular weight is 506 g/mol. The summed E-state index contributed by atoms with van der Waals surface area (Å²) < 4.78 is 37.1. The van der Waals surface area contributed by atoms with Gasteiger partial charge in [-0.05, 0) is 55.0 Å². The van der Waals surface area contributed by atoms with Gasteiger partial charge in [-0.25, -0.2) is 17.7 Å². The van der Waals surface area contributed by atoms with Crippen molar-refractivity contribution in [3.63, 3.8) is 0 Å². The summed E-state index contributed by atoms with van der Waals surface area (Å²) in [4.78, 5) is 18.4. The first-order valence-corrected chi connectivity index (χ1v) is 12.6. The number of hydrogen-bond donors (Lipinski definition) is 1. The number of rotatable bonds is 7. The quantitative estimate of drug-likeness (QED) is 0.390. The minimum absolute atomic E-state index is 0.0963. The molecule has 0 atom stereocenters. The molecule has 0 aliphatic rings. The number of aryl methyl sites for hydroxylation is 1. The van der Waals surface area contributed by atoms with E-state index in [0.717, 1.165) is 15.4 Å². The lowest BCUT2D eigenvalue weighted by Gasteiger charge is -2.15. The van der Waals surface area contributed by atoms with Gasteiger partial charge in [0.1, 0.15) is 0 Å². The van der Waals surface area contributed by atoms with Crippen LogP contribution in [0.2, 0.25) is 0 Å². The molecule has 4 aromatic rings. The Morgan fingerprint density at radius 2 is 1.64 bits per heavy atom. The van der Waals surface area contributed by atoms with Crippen LogP contribution in [0, 0.1) is 6.92 Å². The summed E-state index contributed by atoms with van der Waals surface area (Å²) >= 11 is 0. The summed E-state index contributed by atoms with van der Waals surface area (Å²) in [5.74, 6) is 0.756. The first-order chi connectivity index (χ1) is 17.1. The van der Waals surface area contributed by atoms with Crippen LogP contribution in [0.5, 0.6) is 11.5 Å². The fraction of sp³-hybridized carbons (Fsp3) is 0.185. The number of para-hydroxylation sites is 1. The van der Waals surface area contributed by atoms with Crippen LogP contribution in [0.1, 0.15) is 15.9 Å². The number of benzene rings is 3. The van der Waals surface area contributed by atoms with Crippen LogP contribution < -0.4 is 14.8 Å². The number of aromatic nitrogens is 1. The van der Waals surface area contributed by atoms with Gasteiger partial charge < -0.3 is 14.8 Å². The molecule has 1 N–H and O–H groups in total. The second-order valence-corrected chi connectivity index (χ2v) is 10.5. The fourth-order valence-electron chi connectivity index (χ4n) is 3.80. The van der Waals surface area contributed by atoms with E-state index >= 15 is 0 Å². The van der Waals surface area contributed by atoms with Crippen LogP contribution in [0.15, 0.2) is 71.6 Å². The zero-order chi connectivity index (χ0) is 26.0. The van der Waals surface area contributed by atoms with Gasteiger partial charge in [0, 0.05) is 30.7 Å². The highest BCUT2D eigenvalue weighted by Gasteiger charge is 2.20. The van der Waals surface area contributed by atoms with E-state index in [4.69, 9.17) is 14.5 Å². The predicted octanol–water partition coefficient (Wildman–Crippen LogP) is 4.73. The number of hydrogen-bond acceptors (Lipinski definition) is 6. The number of anilines is 1. The lowest BCUT2D eigenvalue weighted by atomic mass is 10.0. The van der Waals surface area contributed by atoms with Crippen molar-refractivity contribution in [1.82, 2.24) is 9.29 Å². The van der Waals surface area contributed by atoms with Crippen molar-refractivity contribution < 1.29 is 22.7 Å². The van der Waals surface area contributed by atoms with Crippen LogP contribution in [0.4, 0.5) is 5.69 Å². The standard InChI is InChI=1S/C27H27N3O5S/c1-17-10-12-19(36(32,33)30(2)3)15-23(17)29-27(31)21-16-24(28-22-9-7-6-8-20(21)22)18-11-13-25(34-4)26(14-18)35-5/h6-16H,1-5H3,(H,29,31). The fourth-order valence-corrected chi connectivity index (χ4v) is 4.73. The highest BCUT2D eigenvalue weighted by atomic mass is 32.2. The Morgan fingerprint density at radius 3 is 2.33 bits per heavy atom. The molecule has 0 saturated heterocycles. The molecule has 8 nitrogen and oxygen atoms in total. The first kappa shape index (κ1) is 25.2. The number of fused-ring (bicyclic) bond motifs is 1. The number of carbonyl (C=O) groups is 1. The van der Waals surface area contributed by atoms with E-state index in [-0.39, 0.29) is 10.8 Å². The first-order valence-electron chi connectivity index (χ1n) is 11.1. The molecule has 186 valence electrons. The van der Waals surface area contributed by atoms with E-state index in [1.54, 1.807) is 45.4 Å². The van der Waals surface area contributed by atoms with E-state index in [9.17, 15) is 13.2 Å². The number of ether oxygens (including phenoxy) is 2. The van der Waals surface area contributed by atoms with Crippen molar-refractivity contribution in [3.05, 3.63) is 77.9 Å². The van der Waals surface area contributed by atoms with Crippen molar-refractivity contribution in [2.45, 2.75) is 11.8 Å². The monoisotopic (exact) mass is 505 g/mol. The zero-order valence-electron chi connectivity index (χ0n) is 20.7. The highest BCUT2D eigenvalue weighted by molar-refractivity contribution is 7.89. The third kappa shape index (κ3) is 4.75. The molecule has 4 rings (SSSR count). The molecule has 1 aromatic heterocycles. The molecule has 0 unspecified atom stereocenters.